The van der Waals surface area contributed by atoms with Crippen molar-refractivity contribution >= 4 is 21.7 Å². The number of rotatable bonds is 3. The van der Waals surface area contributed by atoms with Crippen LogP contribution < -0.4 is 5.69 Å². The third-order valence-electron chi connectivity index (χ3n) is 3.91. The molecule has 112 valence electrons. The van der Waals surface area contributed by atoms with Crippen LogP contribution in [0.15, 0.2) is 15.3 Å². The molecule has 2 rings (SSSR count). The van der Waals surface area contributed by atoms with Crippen LogP contribution >= 0.6 is 15.9 Å². The van der Waals surface area contributed by atoms with Gasteiger partial charge in [-0.05, 0) is 49.7 Å². The first kappa shape index (κ1) is 15.7. The zero-order chi connectivity index (χ0) is 15.9. The average Bonchev–Trinajstić information content (AvgIpc) is 2.69. The van der Waals surface area contributed by atoms with Crippen molar-refractivity contribution in [1.29, 1.82) is 0 Å². The van der Waals surface area contributed by atoms with E-state index in [1.807, 2.05) is 31.5 Å². The van der Waals surface area contributed by atoms with E-state index in [2.05, 4.69) is 20.9 Å². The minimum atomic E-state index is -0.396. The summed E-state index contributed by atoms with van der Waals surface area (Å²) in [5, 5.41) is 0. The molecule has 0 fully saturated rings. The first-order chi connectivity index (χ1) is 9.73. The highest BCUT2D eigenvalue weighted by atomic mass is 79.9. The number of hydrogen-bond acceptors (Lipinski definition) is 3. The van der Waals surface area contributed by atoms with Gasteiger partial charge in [0.15, 0.2) is 5.78 Å². The van der Waals surface area contributed by atoms with E-state index < -0.39 is 5.69 Å². The van der Waals surface area contributed by atoms with E-state index in [1.165, 1.54) is 4.57 Å². The van der Waals surface area contributed by atoms with Gasteiger partial charge in [-0.2, -0.15) is 4.98 Å². The van der Waals surface area contributed by atoms with Gasteiger partial charge in [0, 0.05) is 29.7 Å². The molecule has 0 aliphatic carbocycles. The van der Waals surface area contributed by atoms with Crippen LogP contribution in [-0.2, 0) is 13.6 Å². The fourth-order valence-corrected chi connectivity index (χ4v) is 2.63. The van der Waals surface area contributed by atoms with E-state index >= 15 is 0 Å². The lowest BCUT2D eigenvalue weighted by atomic mass is 10.1. The summed E-state index contributed by atoms with van der Waals surface area (Å²) in [6, 6.07) is 1.86. The summed E-state index contributed by atoms with van der Waals surface area (Å²) < 4.78 is 4.13. The lowest BCUT2D eigenvalue weighted by Crippen LogP contribution is -2.29. The minimum Gasteiger partial charge on any atom is -0.351 e. The standard InChI is InChI=1S/C15H18BrN3O2/c1-8-6-12(10(3)18(8)5)13(20)7-19-11(4)14(16)9(2)17-15(19)21/h6H,7H2,1-5H3. The van der Waals surface area contributed by atoms with Crippen LogP contribution in [0.2, 0.25) is 0 Å². The molecule has 0 atom stereocenters. The number of nitrogens with zero attached hydrogens (tertiary/aromatic N) is 3. The molecule has 0 unspecified atom stereocenters. The average molecular weight is 352 g/mol. The van der Waals surface area contributed by atoms with Crippen LogP contribution in [0, 0.1) is 27.7 Å². The quantitative estimate of drug-likeness (QED) is 0.798. The van der Waals surface area contributed by atoms with Crippen LogP contribution in [0.1, 0.15) is 33.1 Å². The van der Waals surface area contributed by atoms with Gasteiger partial charge in [-0.25, -0.2) is 4.79 Å². The Morgan fingerprint density at radius 1 is 1.24 bits per heavy atom. The highest BCUT2D eigenvalue weighted by Crippen LogP contribution is 2.18. The van der Waals surface area contributed by atoms with Crippen LogP contribution in [-0.4, -0.2) is 19.9 Å². The van der Waals surface area contributed by atoms with E-state index in [-0.39, 0.29) is 12.3 Å². The first-order valence-corrected chi connectivity index (χ1v) is 7.43. The van der Waals surface area contributed by atoms with Gasteiger partial charge in [0.25, 0.3) is 0 Å². The van der Waals surface area contributed by atoms with Crippen molar-refractivity contribution in [3.8, 4) is 0 Å². The summed E-state index contributed by atoms with van der Waals surface area (Å²) in [5.41, 5.74) is 3.52. The van der Waals surface area contributed by atoms with Gasteiger partial charge < -0.3 is 4.57 Å². The van der Waals surface area contributed by atoms with E-state index in [0.717, 1.165) is 15.9 Å². The second-order valence-electron chi connectivity index (χ2n) is 5.23. The Labute approximate surface area is 131 Å². The van der Waals surface area contributed by atoms with Crippen molar-refractivity contribution in [2.45, 2.75) is 34.2 Å². The number of aryl methyl sites for hydroxylation is 2. The fraction of sp³-hybridized carbons (Fsp3) is 0.400. The summed E-state index contributed by atoms with van der Waals surface area (Å²) in [6.45, 7) is 7.41. The van der Waals surface area contributed by atoms with Crippen molar-refractivity contribution in [2.24, 2.45) is 7.05 Å². The molecule has 0 spiro atoms. The molecule has 0 aliphatic rings. The summed E-state index contributed by atoms with van der Waals surface area (Å²) in [6.07, 6.45) is 0. The molecule has 0 amide bonds. The Morgan fingerprint density at radius 2 is 1.86 bits per heavy atom. The fourth-order valence-electron chi connectivity index (χ4n) is 2.33. The topological polar surface area (TPSA) is 56.9 Å². The molecule has 6 heteroatoms. The highest BCUT2D eigenvalue weighted by Gasteiger charge is 2.17. The molecule has 2 aromatic heterocycles. The number of ketones is 1. The van der Waals surface area contributed by atoms with Gasteiger partial charge in [-0.1, -0.05) is 0 Å². The van der Waals surface area contributed by atoms with Crippen molar-refractivity contribution in [2.75, 3.05) is 0 Å². The SMILES string of the molecule is Cc1nc(=O)n(CC(=O)c2cc(C)n(C)c2C)c(C)c1Br. The number of carbonyl (C=O) groups is 1. The third-order valence-corrected chi connectivity index (χ3v) is 5.06. The Bertz CT molecular complexity index is 787. The van der Waals surface area contributed by atoms with Crippen molar-refractivity contribution in [3.63, 3.8) is 0 Å². The number of carbonyl (C=O) groups excluding carboxylic acids is 1. The zero-order valence-corrected chi connectivity index (χ0v) is 14.4. The summed E-state index contributed by atoms with van der Waals surface area (Å²) in [4.78, 5) is 28.4. The van der Waals surface area contributed by atoms with Gasteiger partial charge in [0.05, 0.1) is 16.7 Å². The van der Waals surface area contributed by atoms with E-state index in [0.29, 0.717) is 17.0 Å². The van der Waals surface area contributed by atoms with Crippen LogP contribution in [0.4, 0.5) is 0 Å². The van der Waals surface area contributed by atoms with Gasteiger partial charge in [0.1, 0.15) is 0 Å². The van der Waals surface area contributed by atoms with Crippen molar-refractivity contribution in [1.82, 2.24) is 14.1 Å². The second-order valence-corrected chi connectivity index (χ2v) is 6.03. The Morgan fingerprint density at radius 3 is 2.38 bits per heavy atom. The second kappa shape index (κ2) is 5.60. The minimum absolute atomic E-state index is 0.000833. The van der Waals surface area contributed by atoms with Gasteiger partial charge in [0.2, 0.25) is 0 Å². The highest BCUT2D eigenvalue weighted by molar-refractivity contribution is 9.10. The number of Topliss-reactive ketones (excluding diaryl/α,β-unsaturated/α-hetero) is 1. The molecule has 2 aromatic rings. The van der Waals surface area contributed by atoms with Crippen LogP contribution in [0.25, 0.3) is 0 Å². The van der Waals surface area contributed by atoms with Crippen molar-refractivity contribution < 1.29 is 4.79 Å². The Kier molecular flexibility index (Phi) is 4.18. The van der Waals surface area contributed by atoms with Crippen LogP contribution in [0.5, 0.6) is 0 Å². The van der Waals surface area contributed by atoms with E-state index in [4.69, 9.17) is 0 Å². The molecular weight excluding hydrogens is 334 g/mol. The summed E-state index contributed by atoms with van der Waals surface area (Å²) in [5.74, 6) is -0.0843. The smallest absolute Gasteiger partial charge is 0.348 e. The maximum Gasteiger partial charge on any atom is 0.348 e. The number of aromatic nitrogens is 3. The van der Waals surface area contributed by atoms with Gasteiger partial charge in [-0.3, -0.25) is 9.36 Å². The molecule has 0 bridgehead atoms. The monoisotopic (exact) mass is 351 g/mol. The molecular formula is C15H18BrN3O2. The molecule has 0 N–H and O–H groups in total. The predicted octanol–water partition coefficient (Wildman–Crippen LogP) is 2.46. The van der Waals surface area contributed by atoms with Gasteiger partial charge >= 0.3 is 5.69 Å². The van der Waals surface area contributed by atoms with E-state index in [9.17, 15) is 9.59 Å². The summed E-state index contributed by atoms with van der Waals surface area (Å²) in [7, 11) is 1.92. The van der Waals surface area contributed by atoms with Gasteiger partial charge in [-0.15, -0.1) is 0 Å². The molecule has 0 saturated heterocycles. The maximum absolute atomic E-state index is 12.5. The Balaban J connectivity index is 2.43. The molecule has 5 nitrogen and oxygen atoms in total. The lowest BCUT2D eigenvalue weighted by Gasteiger charge is -2.11. The molecule has 0 aliphatic heterocycles. The molecule has 21 heavy (non-hydrogen) atoms. The van der Waals surface area contributed by atoms with Crippen LogP contribution in [0.3, 0.4) is 0 Å². The summed E-state index contributed by atoms with van der Waals surface area (Å²) >= 11 is 3.40. The number of hydrogen-bond donors (Lipinski definition) is 0. The third kappa shape index (κ3) is 2.72. The first-order valence-electron chi connectivity index (χ1n) is 6.63. The molecule has 2 heterocycles. The van der Waals surface area contributed by atoms with E-state index in [1.54, 1.807) is 13.8 Å². The maximum atomic E-state index is 12.5. The molecule has 0 radical (unpaired) electrons. The lowest BCUT2D eigenvalue weighted by molar-refractivity contribution is 0.0968. The largest absolute Gasteiger partial charge is 0.351 e. The normalized spacial score (nSPS) is 11.0. The van der Waals surface area contributed by atoms with Crippen molar-refractivity contribution in [3.05, 3.63) is 49.4 Å². The Hall–Kier alpha value is -1.69. The number of halogens is 1. The predicted molar refractivity (Wildman–Crippen MR) is 84.9 cm³/mol. The zero-order valence-electron chi connectivity index (χ0n) is 12.8. The molecule has 0 aromatic carbocycles. The molecule has 0 saturated carbocycles.